The van der Waals surface area contributed by atoms with Crippen LogP contribution in [0.15, 0.2) is 42.5 Å². The van der Waals surface area contributed by atoms with E-state index in [4.69, 9.17) is 10.5 Å². The summed E-state index contributed by atoms with van der Waals surface area (Å²) in [6.45, 7) is 21.1. The lowest BCUT2D eigenvalue weighted by Crippen LogP contribution is -2.72. The molecule has 51 heavy (non-hydrogen) atoms. The van der Waals surface area contributed by atoms with Gasteiger partial charge in [-0.2, -0.15) is 0 Å². The highest BCUT2D eigenvalue weighted by Gasteiger charge is 2.67. The molecule has 1 unspecified atom stereocenters. The quantitative estimate of drug-likeness (QED) is 0.139. The van der Waals surface area contributed by atoms with E-state index in [0.29, 0.717) is 59.7 Å². The van der Waals surface area contributed by atoms with Gasteiger partial charge in [-0.1, -0.05) is 64.5 Å². The normalized spacial score (nSPS) is 36.5. The second-order valence-corrected chi connectivity index (χ2v) is 20.6. The molecule has 4 fully saturated rings. The van der Waals surface area contributed by atoms with Crippen LogP contribution in [-0.2, 0) is 14.6 Å². The van der Waals surface area contributed by atoms with Crippen molar-refractivity contribution in [3.63, 3.8) is 0 Å². The zero-order valence-electron chi connectivity index (χ0n) is 32.6. The van der Waals surface area contributed by atoms with Gasteiger partial charge in [0.25, 0.3) is 0 Å². The number of nitrogens with two attached hydrogens (primary N) is 1. The first-order valence-electron chi connectivity index (χ1n) is 20.0. The third-order valence-corrected chi connectivity index (χ3v) is 17.0. The number of nitrogens with one attached hydrogen (secondary N) is 1. The molecule has 0 radical (unpaired) electrons. The number of allylic oxidation sites excluding steroid dienone is 3. The zero-order valence-corrected chi connectivity index (χ0v) is 33.4. The minimum atomic E-state index is -2.83. The number of rotatable bonds is 11. The van der Waals surface area contributed by atoms with Gasteiger partial charge >= 0.3 is 5.97 Å². The second-order valence-electron chi connectivity index (χ2n) is 18.3. The lowest BCUT2D eigenvalue weighted by molar-refractivity contribution is -0.179. The Kier molecular flexibility index (Phi) is 11.1. The van der Waals surface area contributed by atoms with Crippen molar-refractivity contribution in [2.75, 3.05) is 51.3 Å². The third kappa shape index (κ3) is 7.05. The maximum atomic E-state index is 12.1. The predicted octanol–water partition coefficient (Wildman–Crippen LogP) is 7.53. The molecule has 3 saturated carbocycles. The fourth-order valence-electron chi connectivity index (χ4n) is 12.8. The molecule has 1 saturated heterocycles. The SMILES string of the molecule is C=C(C)C(CCCNCCN1CCS(=O)(=O)CC1)[C@H]1CCC[C@]2(N)[C@@H]1CC[C@@H]1[C@@]3(C)CC=C(c4ccc(C(=O)OC)cc4)C(C)(C)[C@@H]3CC[C@]12C. The van der Waals surface area contributed by atoms with Crippen LogP contribution in [0.3, 0.4) is 0 Å². The Hall–Kier alpha value is -2.00. The summed E-state index contributed by atoms with van der Waals surface area (Å²) in [5.41, 5.74) is 12.7. The summed E-state index contributed by atoms with van der Waals surface area (Å²) in [6.07, 6.45) is 14.4. The van der Waals surface area contributed by atoms with Gasteiger partial charge in [-0.15, -0.1) is 0 Å². The number of sulfone groups is 1. The summed E-state index contributed by atoms with van der Waals surface area (Å²) in [5, 5.41) is 3.65. The Morgan fingerprint density at radius 2 is 1.73 bits per heavy atom. The van der Waals surface area contributed by atoms with E-state index in [9.17, 15) is 13.2 Å². The monoisotopic (exact) mass is 721 g/mol. The number of esters is 1. The van der Waals surface area contributed by atoms with Crippen LogP contribution in [0.5, 0.6) is 0 Å². The maximum Gasteiger partial charge on any atom is 0.337 e. The van der Waals surface area contributed by atoms with Gasteiger partial charge in [-0.25, -0.2) is 13.2 Å². The summed E-state index contributed by atoms with van der Waals surface area (Å²) < 4.78 is 28.5. The summed E-state index contributed by atoms with van der Waals surface area (Å²) in [5.74, 6) is 3.10. The Labute approximate surface area is 309 Å². The van der Waals surface area contributed by atoms with Crippen LogP contribution in [0.4, 0.5) is 0 Å². The van der Waals surface area contributed by atoms with E-state index >= 15 is 0 Å². The number of carbonyl (C=O) groups is 1. The number of benzene rings is 1. The molecule has 0 spiro atoms. The molecule has 1 aliphatic heterocycles. The van der Waals surface area contributed by atoms with Crippen molar-refractivity contribution in [3.8, 4) is 0 Å². The van der Waals surface area contributed by atoms with Gasteiger partial charge in [0.1, 0.15) is 0 Å². The van der Waals surface area contributed by atoms with Crippen molar-refractivity contribution in [1.82, 2.24) is 10.2 Å². The number of carbonyl (C=O) groups excluding carboxylic acids is 1. The number of ether oxygens (including phenoxy) is 1. The molecule has 1 heterocycles. The molecule has 0 amide bonds. The van der Waals surface area contributed by atoms with Gasteiger partial charge in [0.2, 0.25) is 0 Å². The minimum absolute atomic E-state index is 0.0162. The van der Waals surface area contributed by atoms with Gasteiger partial charge < -0.3 is 20.7 Å². The van der Waals surface area contributed by atoms with Crippen molar-refractivity contribution in [2.24, 2.45) is 51.6 Å². The molecule has 6 rings (SSSR count). The molecular formula is C43H67N3O4S. The molecule has 1 aromatic rings. The summed E-state index contributed by atoms with van der Waals surface area (Å²) >= 11 is 0. The lowest BCUT2D eigenvalue weighted by atomic mass is 9.35. The molecule has 284 valence electrons. The Morgan fingerprint density at radius 1 is 1.02 bits per heavy atom. The first kappa shape index (κ1) is 38.7. The second kappa shape index (κ2) is 14.7. The van der Waals surface area contributed by atoms with E-state index in [1.165, 1.54) is 62.3 Å². The van der Waals surface area contributed by atoms with Crippen LogP contribution in [-0.4, -0.2) is 76.2 Å². The summed E-state index contributed by atoms with van der Waals surface area (Å²) in [6, 6.07) is 8.03. The first-order chi connectivity index (χ1) is 24.1. The number of hydrogen-bond donors (Lipinski definition) is 2. The largest absolute Gasteiger partial charge is 0.465 e. The van der Waals surface area contributed by atoms with E-state index in [0.717, 1.165) is 45.3 Å². The Bertz CT molecular complexity index is 1570. The summed E-state index contributed by atoms with van der Waals surface area (Å²) in [4.78, 5) is 14.4. The number of nitrogens with zero attached hydrogens (tertiary/aromatic N) is 1. The van der Waals surface area contributed by atoms with Crippen LogP contribution >= 0.6 is 0 Å². The Balaban J connectivity index is 1.13. The highest BCUT2D eigenvalue weighted by atomic mass is 32.2. The summed E-state index contributed by atoms with van der Waals surface area (Å²) in [7, 11) is -1.39. The predicted molar refractivity (Wildman–Crippen MR) is 209 cm³/mol. The minimum Gasteiger partial charge on any atom is -0.465 e. The highest BCUT2D eigenvalue weighted by Crippen LogP contribution is 2.72. The molecule has 0 bridgehead atoms. The van der Waals surface area contributed by atoms with E-state index in [1.54, 1.807) is 0 Å². The Morgan fingerprint density at radius 3 is 2.39 bits per heavy atom. The van der Waals surface area contributed by atoms with E-state index in [-0.39, 0.29) is 27.8 Å². The number of fused-ring (bicyclic) bond motifs is 5. The van der Waals surface area contributed by atoms with Crippen LogP contribution in [0.1, 0.15) is 115 Å². The van der Waals surface area contributed by atoms with E-state index in [1.807, 2.05) is 12.1 Å². The van der Waals surface area contributed by atoms with Crippen molar-refractivity contribution in [2.45, 2.75) is 104 Å². The van der Waals surface area contributed by atoms with Crippen LogP contribution in [0.2, 0.25) is 0 Å². The highest BCUT2D eigenvalue weighted by molar-refractivity contribution is 7.91. The molecular weight excluding hydrogens is 655 g/mol. The first-order valence-corrected chi connectivity index (χ1v) is 21.9. The van der Waals surface area contributed by atoms with Crippen molar-refractivity contribution in [1.29, 1.82) is 0 Å². The molecule has 4 aliphatic carbocycles. The smallest absolute Gasteiger partial charge is 0.337 e. The van der Waals surface area contributed by atoms with Gasteiger partial charge in [-0.3, -0.25) is 0 Å². The van der Waals surface area contributed by atoms with Crippen LogP contribution < -0.4 is 11.1 Å². The van der Waals surface area contributed by atoms with Crippen LogP contribution in [0, 0.1) is 45.8 Å². The fourth-order valence-corrected chi connectivity index (χ4v) is 14.1. The molecule has 1 aromatic carbocycles. The third-order valence-electron chi connectivity index (χ3n) is 15.4. The van der Waals surface area contributed by atoms with Crippen molar-refractivity contribution < 1.29 is 17.9 Å². The van der Waals surface area contributed by atoms with Gasteiger partial charge in [0, 0.05) is 31.7 Å². The van der Waals surface area contributed by atoms with Crippen LogP contribution in [0.25, 0.3) is 5.57 Å². The number of methoxy groups -OCH3 is 1. The van der Waals surface area contributed by atoms with E-state index < -0.39 is 9.84 Å². The average Bonchev–Trinajstić information content (AvgIpc) is 3.08. The zero-order chi connectivity index (χ0) is 36.8. The van der Waals surface area contributed by atoms with Crippen molar-refractivity contribution in [3.05, 3.63) is 53.6 Å². The van der Waals surface area contributed by atoms with Gasteiger partial charge in [-0.05, 0) is 140 Å². The maximum absolute atomic E-state index is 12.1. The van der Waals surface area contributed by atoms with Crippen molar-refractivity contribution >= 4 is 21.4 Å². The molecule has 5 aliphatic rings. The van der Waals surface area contributed by atoms with Gasteiger partial charge in [0.15, 0.2) is 9.84 Å². The average molecular weight is 722 g/mol. The molecule has 7 nitrogen and oxygen atoms in total. The van der Waals surface area contributed by atoms with E-state index in [2.05, 4.69) is 69.6 Å². The molecule has 3 N–H and O–H groups in total. The van der Waals surface area contributed by atoms with Gasteiger partial charge in [0.05, 0.1) is 24.2 Å². The topological polar surface area (TPSA) is 102 Å². The molecule has 0 aromatic heterocycles. The standard InChI is InChI=1S/C43H67N3O4S/c1-30(2)33(11-9-23-45-24-25-46-26-28-51(48,49)29-27-46)34-10-8-20-43(44)36(34)16-17-38-41(5)21-18-35(31-12-14-32(15-13-31)39(47)50-7)40(3,4)37(41)19-22-42(38,43)6/h12-15,18,33-34,36-38,45H,1,8-11,16-17,19-29,44H2,2-7H3/t33?,34-,36-,37+,38-,41+,42-,43+/m1/s1. The fraction of sp³-hybridized carbons (Fsp3) is 0.744. The lowest BCUT2D eigenvalue weighted by Gasteiger charge is -2.71. The molecule has 8 heteroatoms. The molecule has 8 atom stereocenters. The number of hydrogen-bond acceptors (Lipinski definition) is 7.